The molecule has 1 N–H and O–H groups in total. The fraction of sp³-hybridized carbons (Fsp3) is 0.562. The number of hydrogen-bond acceptors (Lipinski definition) is 4. The molecule has 0 spiro atoms. The van der Waals surface area contributed by atoms with Crippen molar-refractivity contribution in [2.24, 2.45) is 0 Å². The molecule has 128 valence electrons. The Morgan fingerprint density at radius 3 is 2.65 bits per heavy atom. The molecule has 0 aliphatic carbocycles. The van der Waals surface area contributed by atoms with Gasteiger partial charge in [0.05, 0.1) is 6.26 Å². The van der Waals surface area contributed by atoms with Crippen LogP contribution in [-0.4, -0.2) is 57.1 Å². The summed E-state index contributed by atoms with van der Waals surface area (Å²) in [6.07, 6.45) is 2.47. The van der Waals surface area contributed by atoms with E-state index in [4.69, 9.17) is 0 Å². The average molecular weight is 339 g/mol. The zero-order valence-electron chi connectivity index (χ0n) is 13.9. The Morgan fingerprint density at radius 2 is 2.04 bits per heavy atom. The van der Waals surface area contributed by atoms with Crippen LogP contribution in [0.15, 0.2) is 30.3 Å². The molecule has 0 saturated carbocycles. The van der Waals surface area contributed by atoms with Crippen molar-refractivity contribution >= 4 is 21.6 Å². The van der Waals surface area contributed by atoms with E-state index in [1.807, 2.05) is 44.3 Å². The Kier molecular flexibility index (Phi) is 5.64. The van der Waals surface area contributed by atoms with Gasteiger partial charge in [-0.2, -0.15) is 4.31 Å². The molecule has 1 heterocycles. The summed E-state index contributed by atoms with van der Waals surface area (Å²) in [5.74, 6) is -0.207. The molecule has 6 nitrogen and oxygen atoms in total. The Hall–Kier alpha value is -1.60. The Balaban J connectivity index is 1.91. The monoisotopic (exact) mass is 339 g/mol. The van der Waals surface area contributed by atoms with E-state index >= 15 is 0 Å². The lowest BCUT2D eigenvalue weighted by molar-refractivity contribution is -0.124. The van der Waals surface area contributed by atoms with Crippen LogP contribution in [0.25, 0.3) is 0 Å². The van der Waals surface area contributed by atoms with Gasteiger partial charge in [0.2, 0.25) is 15.9 Å². The number of benzene rings is 1. The molecule has 0 bridgehead atoms. The minimum absolute atomic E-state index is 0.106. The molecule has 7 heteroatoms. The Bertz CT molecular complexity index is 633. The smallest absolute Gasteiger partial charge is 0.238 e. The lowest BCUT2D eigenvalue weighted by atomic mass is 10.2. The van der Waals surface area contributed by atoms with Gasteiger partial charge in [-0.1, -0.05) is 18.2 Å². The van der Waals surface area contributed by atoms with Crippen molar-refractivity contribution in [3.63, 3.8) is 0 Å². The van der Waals surface area contributed by atoms with Gasteiger partial charge >= 0.3 is 0 Å². The van der Waals surface area contributed by atoms with Gasteiger partial charge in [-0.3, -0.25) is 4.79 Å². The fourth-order valence-electron chi connectivity index (χ4n) is 2.82. The second-order valence-electron chi connectivity index (χ2n) is 6.07. The van der Waals surface area contributed by atoms with Gasteiger partial charge in [0.1, 0.15) is 6.04 Å². The predicted octanol–water partition coefficient (Wildman–Crippen LogP) is 1.05. The quantitative estimate of drug-likeness (QED) is 0.841. The lowest BCUT2D eigenvalue weighted by Gasteiger charge is -2.28. The number of nitrogens with zero attached hydrogens (tertiary/aromatic N) is 2. The van der Waals surface area contributed by atoms with E-state index in [0.29, 0.717) is 19.5 Å². The number of hydrogen-bond donors (Lipinski definition) is 1. The molecular formula is C16H25N3O3S. The summed E-state index contributed by atoms with van der Waals surface area (Å²) in [5.41, 5.74) is 1.08. The zero-order chi connectivity index (χ0) is 17.0. The SMILES string of the molecule is C[C@H](CNC(=O)[C@@H]1CCCN1S(C)(=O)=O)N(C)c1ccccc1. The number of nitrogens with one attached hydrogen (secondary N) is 1. The maximum absolute atomic E-state index is 12.3. The van der Waals surface area contributed by atoms with Crippen LogP contribution in [-0.2, 0) is 14.8 Å². The third-order valence-corrected chi connectivity index (χ3v) is 5.62. The van der Waals surface area contributed by atoms with Crippen LogP contribution in [0.2, 0.25) is 0 Å². The van der Waals surface area contributed by atoms with Crippen molar-refractivity contribution in [3.05, 3.63) is 30.3 Å². The molecule has 1 aliphatic heterocycles. The van der Waals surface area contributed by atoms with Gasteiger partial charge in [0, 0.05) is 31.9 Å². The molecular weight excluding hydrogens is 314 g/mol. The second-order valence-corrected chi connectivity index (χ2v) is 8.01. The van der Waals surface area contributed by atoms with Gasteiger partial charge in [-0.05, 0) is 31.9 Å². The topological polar surface area (TPSA) is 69.7 Å². The molecule has 1 saturated heterocycles. The third kappa shape index (κ3) is 4.45. The van der Waals surface area contributed by atoms with Crippen molar-refractivity contribution in [1.82, 2.24) is 9.62 Å². The van der Waals surface area contributed by atoms with Crippen molar-refractivity contribution < 1.29 is 13.2 Å². The Labute approximate surface area is 138 Å². The highest BCUT2D eigenvalue weighted by Crippen LogP contribution is 2.20. The number of sulfonamides is 1. The molecule has 1 amide bonds. The van der Waals surface area contributed by atoms with Crippen LogP contribution in [0.3, 0.4) is 0 Å². The van der Waals surface area contributed by atoms with E-state index in [1.54, 1.807) is 0 Å². The summed E-state index contributed by atoms with van der Waals surface area (Å²) in [6.45, 7) is 2.92. The van der Waals surface area contributed by atoms with E-state index < -0.39 is 16.1 Å². The van der Waals surface area contributed by atoms with E-state index in [0.717, 1.165) is 18.4 Å². The van der Waals surface area contributed by atoms with Crippen molar-refractivity contribution in [1.29, 1.82) is 0 Å². The molecule has 23 heavy (non-hydrogen) atoms. The normalized spacial score (nSPS) is 20.2. The van der Waals surface area contributed by atoms with Gasteiger partial charge in [-0.25, -0.2) is 8.42 Å². The first-order valence-corrected chi connectivity index (χ1v) is 9.68. The van der Waals surface area contributed by atoms with Crippen LogP contribution < -0.4 is 10.2 Å². The van der Waals surface area contributed by atoms with E-state index in [9.17, 15) is 13.2 Å². The van der Waals surface area contributed by atoms with E-state index in [2.05, 4.69) is 10.2 Å². The van der Waals surface area contributed by atoms with Crippen molar-refractivity contribution in [2.45, 2.75) is 31.8 Å². The first kappa shape index (κ1) is 17.7. The van der Waals surface area contributed by atoms with Gasteiger partial charge in [0.15, 0.2) is 0 Å². The summed E-state index contributed by atoms with van der Waals surface area (Å²) in [5, 5.41) is 2.89. The predicted molar refractivity (Wildman–Crippen MR) is 91.9 cm³/mol. The van der Waals surface area contributed by atoms with Crippen molar-refractivity contribution in [2.75, 3.05) is 31.3 Å². The molecule has 1 aromatic rings. The highest BCUT2D eigenvalue weighted by Gasteiger charge is 2.36. The zero-order valence-corrected chi connectivity index (χ0v) is 14.7. The van der Waals surface area contributed by atoms with Gasteiger partial charge in [0.25, 0.3) is 0 Å². The molecule has 2 rings (SSSR count). The van der Waals surface area contributed by atoms with Crippen LogP contribution in [0.5, 0.6) is 0 Å². The first-order valence-electron chi connectivity index (χ1n) is 7.83. The molecule has 2 atom stereocenters. The lowest BCUT2D eigenvalue weighted by Crippen LogP contribution is -2.48. The van der Waals surface area contributed by atoms with Crippen LogP contribution in [0.4, 0.5) is 5.69 Å². The van der Waals surface area contributed by atoms with E-state index in [1.165, 1.54) is 4.31 Å². The number of carbonyl (C=O) groups excluding carboxylic acids is 1. The third-order valence-electron chi connectivity index (χ3n) is 4.33. The molecule has 0 unspecified atom stereocenters. The largest absolute Gasteiger partial charge is 0.370 e. The number of para-hydroxylation sites is 1. The minimum Gasteiger partial charge on any atom is -0.370 e. The van der Waals surface area contributed by atoms with Crippen LogP contribution in [0, 0.1) is 0 Å². The maximum atomic E-state index is 12.3. The summed E-state index contributed by atoms with van der Waals surface area (Å²) < 4.78 is 24.7. The first-order chi connectivity index (χ1) is 10.8. The minimum atomic E-state index is -3.33. The maximum Gasteiger partial charge on any atom is 0.238 e. The number of carbonyl (C=O) groups is 1. The number of rotatable bonds is 6. The molecule has 0 aromatic heterocycles. The number of likely N-dealkylation sites (N-methyl/N-ethyl adjacent to an activating group) is 1. The number of amides is 1. The van der Waals surface area contributed by atoms with E-state index in [-0.39, 0.29) is 11.9 Å². The standard InChI is InChI=1S/C16H25N3O3S/c1-13(18(2)14-8-5-4-6-9-14)12-17-16(20)15-10-7-11-19(15)23(3,21)22/h4-6,8-9,13,15H,7,10-12H2,1-3H3,(H,17,20)/t13-,15+/m1/s1. The van der Waals surface area contributed by atoms with Crippen molar-refractivity contribution in [3.8, 4) is 0 Å². The molecule has 0 radical (unpaired) electrons. The molecule has 1 fully saturated rings. The molecule has 1 aliphatic rings. The summed E-state index contributed by atoms with van der Waals surface area (Å²) in [4.78, 5) is 14.4. The van der Waals surface area contributed by atoms with Gasteiger partial charge < -0.3 is 10.2 Å². The summed E-state index contributed by atoms with van der Waals surface area (Å²) in [7, 11) is -1.36. The summed E-state index contributed by atoms with van der Waals surface area (Å²) >= 11 is 0. The second kappa shape index (κ2) is 7.31. The highest BCUT2D eigenvalue weighted by atomic mass is 32.2. The Morgan fingerprint density at radius 1 is 1.39 bits per heavy atom. The average Bonchev–Trinajstić information content (AvgIpc) is 3.02. The van der Waals surface area contributed by atoms with Gasteiger partial charge in [-0.15, -0.1) is 0 Å². The molecule has 1 aromatic carbocycles. The van der Waals surface area contributed by atoms with Crippen LogP contribution >= 0.6 is 0 Å². The summed E-state index contributed by atoms with van der Waals surface area (Å²) in [6, 6.07) is 9.47. The van der Waals surface area contributed by atoms with Crippen LogP contribution in [0.1, 0.15) is 19.8 Å². The number of anilines is 1. The fourth-order valence-corrected chi connectivity index (χ4v) is 3.94. The highest BCUT2D eigenvalue weighted by molar-refractivity contribution is 7.88.